The molecule has 1 aromatic heterocycles. The van der Waals surface area contributed by atoms with Crippen LogP contribution in [0, 0.1) is 24.3 Å². The summed E-state index contributed by atoms with van der Waals surface area (Å²) in [6, 6.07) is 9.85. The van der Waals surface area contributed by atoms with Crippen LogP contribution in [0.3, 0.4) is 0 Å². The molecule has 174 valence electrons. The Morgan fingerprint density at radius 2 is 1.91 bits per heavy atom. The number of thioether (sulfide) groups is 1. The second-order valence-electron chi connectivity index (χ2n) is 7.49. The molecule has 0 saturated heterocycles. The Hall–Kier alpha value is -2.53. The molecule has 3 rings (SSSR count). The van der Waals surface area contributed by atoms with Gasteiger partial charge in [0.25, 0.3) is 0 Å². The smallest absolute Gasteiger partial charge is 0.234 e. The van der Waals surface area contributed by atoms with E-state index in [9.17, 15) is 4.79 Å². The van der Waals surface area contributed by atoms with Crippen molar-refractivity contribution < 1.29 is 14.3 Å². The van der Waals surface area contributed by atoms with E-state index in [0.29, 0.717) is 29.0 Å². The molecule has 0 radical (unpaired) electrons. The van der Waals surface area contributed by atoms with Crippen LogP contribution in [0.1, 0.15) is 22.5 Å². The van der Waals surface area contributed by atoms with E-state index in [1.807, 2.05) is 55.7 Å². The van der Waals surface area contributed by atoms with E-state index < -0.39 is 0 Å². The van der Waals surface area contributed by atoms with Gasteiger partial charge in [-0.2, -0.15) is 0 Å². The van der Waals surface area contributed by atoms with Gasteiger partial charge in [-0.1, -0.05) is 23.9 Å². The highest BCUT2D eigenvalue weighted by Crippen LogP contribution is 2.29. The Labute approximate surface area is 212 Å². The largest absolute Gasteiger partial charge is 0.493 e. The summed E-state index contributed by atoms with van der Waals surface area (Å²) >= 11 is 3.60. The molecule has 7 nitrogen and oxygen atoms in total. The van der Waals surface area contributed by atoms with Gasteiger partial charge >= 0.3 is 0 Å². The molecule has 0 bridgehead atoms. The fourth-order valence-electron chi connectivity index (χ4n) is 3.29. The van der Waals surface area contributed by atoms with Gasteiger partial charge < -0.3 is 14.8 Å². The lowest BCUT2D eigenvalue weighted by atomic mass is 10.1. The lowest BCUT2D eigenvalue weighted by molar-refractivity contribution is -0.113. The van der Waals surface area contributed by atoms with E-state index in [2.05, 4.69) is 44.7 Å². The first-order valence-corrected chi connectivity index (χ1v) is 12.4. The number of ether oxygens (including phenoxy) is 2. The number of aromatic nitrogens is 3. The fraction of sp³-hybridized carbons (Fsp3) is 0.292. The molecule has 0 fully saturated rings. The molecule has 2 aromatic carbocycles. The number of nitrogens with zero attached hydrogens (tertiary/aromatic N) is 3. The van der Waals surface area contributed by atoms with E-state index in [1.165, 1.54) is 11.8 Å². The van der Waals surface area contributed by atoms with Crippen molar-refractivity contribution in [3.8, 4) is 11.5 Å². The molecule has 33 heavy (non-hydrogen) atoms. The van der Waals surface area contributed by atoms with Gasteiger partial charge in [0.1, 0.15) is 6.61 Å². The summed E-state index contributed by atoms with van der Waals surface area (Å²) in [6.07, 6.45) is 1.77. The van der Waals surface area contributed by atoms with Gasteiger partial charge in [-0.15, -0.1) is 16.8 Å². The molecular formula is C24H27IN4O3S. The predicted octanol–water partition coefficient (Wildman–Crippen LogP) is 5.31. The quantitative estimate of drug-likeness (QED) is 0.200. The third kappa shape index (κ3) is 6.50. The lowest BCUT2D eigenvalue weighted by Crippen LogP contribution is -2.16. The molecule has 1 heterocycles. The molecular weight excluding hydrogens is 551 g/mol. The molecule has 0 saturated carbocycles. The Morgan fingerprint density at radius 3 is 2.58 bits per heavy atom. The summed E-state index contributed by atoms with van der Waals surface area (Å²) in [4.78, 5) is 12.6. The Kier molecular flexibility index (Phi) is 8.79. The molecule has 3 aromatic rings. The first-order valence-electron chi connectivity index (χ1n) is 10.3. The number of allylic oxidation sites excluding steroid dienone is 1. The zero-order valence-corrected chi connectivity index (χ0v) is 22.1. The standard InChI is InChI=1S/C24H27IN4O3S/c1-6-9-29-21(13-32-19-8-7-15(2)10-20(19)31-5)27-28-24(29)33-14-22(30)26-23-16(3)11-18(25)12-17(23)4/h6-8,10-12H,1,9,13-14H2,2-5H3,(H,26,30). The van der Waals surface area contributed by atoms with Crippen molar-refractivity contribution in [3.05, 3.63) is 69.1 Å². The van der Waals surface area contributed by atoms with E-state index in [4.69, 9.17) is 9.47 Å². The highest BCUT2D eigenvalue weighted by Gasteiger charge is 2.16. The Morgan fingerprint density at radius 1 is 1.18 bits per heavy atom. The van der Waals surface area contributed by atoms with Crippen LogP contribution in [-0.4, -0.2) is 33.5 Å². The van der Waals surface area contributed by atoms with Crippen molar-refractivity contribution in [1.82, 2.24) is 14.8 Å². The average molecular weight is 578 g/mol. The Bertz CT molecular complexity index is 1140. The molecule has 1 amide bonds. The minimum absolute atomic E-state index is 0.0947. The van der Waals surface area contributed by atoms with Crippen molar-refractivity contribution in [3.63, 3.8) is 0 Å². The van der Waals surface area contributed by atoms with Gasteiger partial charge in [-0.25, -0.2) is 0 Å². The fourth-order valence-corrected chi connectivity index (χ4v) is 5.00. The van der Waals surface area contributed by atoms with Crippen LogP contribution in [-0.2, 0) is 17.9 Å². The van der Waals surface area contributed by atoms with Gasteiger partial charge in [-0.05, 0) is 84.3 Å². The number of hydrogen-bond donors (Lipinski definition) is 1. The van der Waals surface area contributed by atoms with Gasteiger partial charge in [0.15, 0.2) is 22.5 Å². The Balaban J connectivity index is 1.67. The van der Waals surface area contributed by atoms with Crippen molar-refractivity contribution in [2.45, 2.75) is 39.1 Å². The summed E-state index contributed by atoms with van der Waals surface area (Å²) in [7, 11) is 1.61. The van der Waals surface area contributed by atoms with Crippen LogP contribution < -0.4 is 14.8 Å². The monoisotopic (exact) mass is 578 g/mol. The normalized spacial score (nSPS) is 10.7. The van der Waals surface area contributed by atoms with Gasteiger partial charge in [0.05, 0.1) is 12.9 Å². The molecule has 0 spiro atoms. The van der Waals surface area contributed by atoms with Crippen LogP contribution in [0.5, 0.6) is 11.5 Å². The number of carbonyl (C=O) groups excluding carboxylic acids is 1. The maximum atomic E-state index is 12.6. The predicted molar refractivity (Wildman–Crippen MR) is 140 cm³/mol. The SMILES string of the molecule is C=CCn1c(COc2ccc(C)cc2OC)nnc1SCC(=O)Nc1c(C)cc(I)cc1C. The van der Waals surface area contributed by atoms with E-state index >= 15 is 0 Å². The minimum Gasteiger partial charge on any atom is -0.493 e. The highest BCUT2D eigenvalue weighted by atomic mass is 127. The number of nitrogens with one attached hydrogen (secondary N) is 1. The number of anilines is 1. The zero-order valence-electron chi connectivity index (χ0n) is 19.1. The number of rotatable bonds is 10. The van der Waals surface area contributed by atoms with Gasteiger partial charge in [0, 0.05) is 15.8 Å². The number of methoxy groups -OCH3 is 1. The molecule has 1 N–H and O–H groups in total. The highest BCUT2D eigenvalue weighted by molar-refractivity contribution is 14.1. The lowest BCUT2D eigenvalue weighted by Gasteiger charge is -2.13. The summed E-state index contributed by atoms with van der Waals surface area (Å²) in [5, 5.41) is 12.2. The maximum absolute atomic E-state index is 12.6. The molecule has 0 atom stereocenters. The topological polar surface area (TPSA) is 78.3 Å². The van der Waals surface area contributed by atoms with Crippen molar-refractivity contribution in [1.29, 1.82) is 0 Å². The van der Waals surface area contributed by atoms with E-state index in [0.717, 1.165) is 25.9 Å². The van der Waals surface area contributed by atoms with Gasteiger partial charge in [0.2, 0.25) is 5.91 Å². The van der Waals surface area contributed by atoms with E-state index in [-0.39, 0.29) is 18.3 Å². The van der Waals surface area contributed by atoms with Crippen LogP contribution >= 0.6 is 34.4 Å². The summed E-state index contributed by atoms with van der Waals surface area (Å²) in [6.45, 7) is 10.5. The van der Waals surface area contributed by atoms with Crippen molar-refractivity contribution >= 4 is 45.9 Å². The molecule has 0 aliphatic heterocycles. The number of halogens is 1. The van der Waals surface area contributed by atoms with Crippen LogP contribution in [0.4, 0.5) is 5.69 Å². The van der Waals surface area contributed by atoms with Crippen LogP contribution in [0.15, 0.2) is 48.1 Å². The van der Waals surface area contributed by atoms with Crippen molar-refractivity contribution in [2.75, 3.05) is 18.2 Å². The second kappa shape index (κ2) is 11.6. The number of aryl methyl sites for hydroxylation is 3. The maximum Gasteiger partial charge on any atom is 0.234 e. The minimum atomic E-state index is -0.0947. The zero-order chi connectivity index (χ0) is 24.0. The average Bonchev–Trinajstić information content (AvgIpc) is 3.15. The summed E-state index contributed by atoms with van der Waals surface area (Å²) in [5.74, 6) is 2.06. The number of carbonyl (C=O) groups is 1. The van der Waals surface area contributed by atoms with Crippen LogP contribution in [0.2, 0.25) is 0 Å². The first kappa shape index (κ1) is 25.1. The van der Waals surface area contributed by atoms with Gasteiger partial charge in [-0.3, -0.25) is 9.36 Å². The molecule has 0 aliphatic carbocycles. The van der Waals surface area contributed by atoms with E-state index in [1.54, 1.807) is 13.2 Å². The number of hydrogen-bond acceptors (Lipinski definition) is 6. The molecule has 0 unspecified atom stereocenters. The molecule has 9 heteroatoms. The number of amides is 1. The summed E-state index contributed by atoms with van der Waals surface area (Å²) in [5.41, 5.74) is 4.02. The first-order chi connectivity index (χ1) is 15.8. The third-order valence-corrected chi connectivity index (χ3v) is 6.46. The van der Waals surface area contributed by atoms with Crippen molar-refractivity contribution in [2.24, 2.45) is 0 Å². The molecule has 0 aliphatic rings. The van der Waals surface area contributed by atoms with Crippen LogP contribution in [0.25, 0.3) is 0 Å². The number of benzene rings is 2. The summed E-state index contributed by atoms with van der Waals surface area (Å²) < 4.78 is 14.4. The second-order valence-corrected chi connectivity index (χ2v) is 9.68. The third-order valence-electron chi connectivity index (χ3n) is 4.88.